The third kappa shape index (κ3) is 1.21. The normalized spacial score (nSPS) is 33.1. The summed E-state index contributed by atoms with van der Waals surface area (Å²) in [6.07, 6.45) is 1.85. The fourth-order valence-electron chi connectivity index (χ4n) is 1.21. The second-order valence-electron chi connectivity index (χ2n) is 2.75. The van der Waals surface area contributed by atoms with E-state index in [0.29, 0.717) is 5.92 Å². The van der Waals surface area contributed by atoms with Gasteiger partial charge in [0.05, 0.1) is 0 Å². The van der Waals surface area contributed by atoms with Crippen molar-refractivity contribution in [2.45, 2.75) is 19.8 Å². The molecule has 0 radical (unpaired) electrons. The fourth-order valence-corrected chi connectivity index (χ4v) is 1.21. The van der Waals surface area contributed by atoms with Crippen LogP contribution in [0.5, 0.6) is 0 Å². The van der Waals surface area contributed by atoms with Gasteiger partial charge >= 0.3 is 0 Å². The van der Waals surface area contributed by atoms with E-state index in [2.05, 4.69) is 6.92 Å². The maximum absolute atomic E-state index is 10.6. The molecule has 0 unspecified atom stereocenters. The van der Waals surface area contributed by atoms with Crippen molar-refractivity contribution < 1.29 is 10.0 Å². The monoisotopic (exact) mass is 129 g/mol. The minimum atomic E-state index is -0.229. The van der Waals surface area contributed by atoms with Crippen molar-refractivity contribution in [3.8, 4) is 0 Å². The van der Waals surface area contributed by atoms with Gasteiger partial charge in [-0.2, -0.15) is 0 Å². The smallest absolute Gasteiger partial charge is 0.246 e. The molecule has 52 valence electrons. The summed E-state index contributed by atoms with van der Waals surface area (Å²) in [5, 5.41) is 8.16. The lowest BCUT2D eigenvalue weighted by Gasteiger charge is -2.30. The van der Waals surface area contributed by atoms with E-state index >= 15 is 0 Å². The van der Waals surface area contributed by atoms with Gasteiger partial charge in [-0.15, -0.1) is 0 Å². The van der Waals surface area contributed by atoms with Crippen molar-refractivity contribution in [3.63, 3.8) is 0 Å². The Hall–Kier alpha value is -0.570. The first-order valence-electron chi connectivity index (χ1n) is 3.18. The highest BCUT2D eigenvalue weighted by molar-refractivity contribution is 5.78. The van der Waals surface area contributed by atoms with Gasteiger partial charge in [-0.3, -0.25) is 10.0 Å². The Bertz CT molecular complexity index is 118. The van der Waals surface area contributed by atoms with E-state index in [0.717, 1.165) is 12.8 Å². The van der Waals surface area contributed by atoms with Gasteiger partial charge in [0, 0.05) is 5.92 Å². The highest BCUT2D eigenvalue weighted by Crippen LogP contribution is 2.32. The predicted octanol–water partition coefficient (Wildman–Crippen LogP) is 0.538. The molecule has 1 aliphatic rings. The Morgan fingerprint density at radius 1 is 1.67 bits per heavy atom. The number of hydrogen-bond donors (Lipinski definition) is 2. The topological polar surface area (TPSA) is 49.3 Å². The molecular formula is C6H11NO2. The molecule has 1 saturated carbocycles. The van der Waals surface area contributed by atoms with Crippen molar-refractivity contribution in [2.75, 3.05) is 0 Å². The van der Waals surface area contributed by atoms with Crippen LogP contribution in [0.15, 0.2) is 0 Å². The summed E-state index contributed by atoms with van der Waals surface area (Å²) >= 11 is 0. The van der Waals surface area contributed by atoms with Crippen molar-refractivity contribution >= 4 is 5.91 Å². The zero-order valence-electron chi connectivity index (χ0n) is 5.42. The molecular weight excluding hydrogens is 118 g/mol. The fraction of sp³-hybridized carbons (Fsp3) is 0.833. The highest BCUT2D eigenvalue weighted by Gasteiger charge is 2.30. The lowest BCUT2D eigenvalue weighted by Crippen LogP contribution is -2.36. The first kappa shape index (κ1) is 6.55. The molecule has 0 saturated heterocycles. The summed E-state index contributed by atoms with van der Waals surface area (Å²) in [6, 6.07) is 0. The second kappa shape index (κ2) is 2.35. The van der Waals surface area contributed by atoms with E-state index in [1.54, 1.807) is 5.48 Å². The molecule has 1 aliphatic carbocycles. The zero-order valence-corrected chi connectivity index (χ0v) is 5.42. The van der Waals surface area contributed by atoms with Crippen molar-refractivity contribution in [2.24, 2.45) is 11.8 Å². The third-order valence-electron chi connectivity index (χ3n) is 1.85. The molecule has 0 heterocycles. The van der Waals surface area contributed by atoms with Crippen LogP contribution in [0.1, 0.15) is 19.8 Å². The lowest BCUT2D eigenvalue weighted by atomic mass is 9.76. The van der Waals surface area contributed by atoms with Gasteiger partial charge < -0.3 is 0 Å². The van der Waals surface area contributed by atoms with E-state index in [4.69, 9.17) is 5.21 Å². The van der Waals surface area contributed by atoms with Crippen molar-refractivity contribution in [1.82, 2.24) is 5.48 Å². The van der Waals surface area contributed by atoms with Gasteiger partial charge in [0.15, 0.2) is 0 Å². The third-order valence-corrected chi connectivity index (χ3v) is 1.85. The van der Waals surface area contributed by atoms with Crippen LogP contribution in [0, 0.1) is 11.8 Å². The first-order valence-corrected chi connectivity index (χ1v) is 3.18. The Labute approximate surface area is 54.0 Å². The number of carbonyl (C=O) groups excluding carboxylic acids is 1. The molecule has 3 nitrogen and oxygen atoms in total. The summed E-state index contributed by atoms with van der Waals surface area (Å²) in [5.74, 6) is 0.505. The zero-order chi connectivity index (χ0) is 6.85. The van der Waals surface area contributed by atoms with E-state index in [1.807, 2.05) is 0 Å². The van der Waals surface area contributed by atoms with Crippen LogP contribution in [0.3, 0.4) is 0 Å². The number of hydroxylamine groups is 1. The molecule has 0 spiro atoms. The van der Waals surface area contributed by atoms with E-state index in [1.165, 1.54) is 0 Å². The number of carbonyl (C=O) groups is 1. The van der Waals surface area contributed by atoms with Gasteiger partial charge in [0.1, 0.15) is 0 Å². The molecule has 0 bridgehead atoms. The highest BCUT2D eigenvalue weighted by atomic mass is 16.5. The van der Waals surface area contributed by atoms with Gasteiger partial charge in [-0.25, -0.2) is 5.48 Å². The minimum absolute atomic E-state index is 0.0741. The van der Waals surface area contributed by atoms with E-state index in [-0.39, 0.29) is 11.8 Å². The first-order chi connectivity index (χ1) is 4.24. The SMILES string of the molecule is CC1CC(C(=O)NO)C1. The molecule has 9 heavy (non-hydrogen) atoms. The molecule has 2 N–H and O–H groups in total. The molecule has 1 amide bonds. The maximum Gasteiger partial charge on any atom is 0.246 e. The van der Waals surface area contributed by atoms with Gasteiger partial charge in [0.2, 0.25) is 5.91 Å². The lowest BCUT2D eigenvalue weighted by molar-refractivity contribution is -0.137. The maximum atomic E-state index is 10.6. The number of nitrogens with one attached hydrogen (secondary N) is 1. The largest absolute Gasteiger partial charge is 0.289 e. The summed E-state index contributed by atoms with van der Waals surface area (Å²) < 4.78 is 0. The number of rotatable bonds is 1. The van der Waals surface area contributed by atoms with Crippen LogP contribution in [0.25, 0.3) is 0 Å². The molecule has 0 aliphatic heterocycles. The molecule has 3 heteroatoms. The Balaban J connectivity index is 2.23. The summed E-state index contributed by atoms with van der Waals surface area (Å²) in [6.45, 7) is 2.10. The molecule has 0 aromatic carbocycles. The van der Waals surface area contributed by atoms with Gasteiger partial charge in [-0.05, 0) is 18.8 Å². The van der Waals surface area contributed by atoms with E-state index in [9.17, 15) is 4.79 Å². The average Bonchev–Trinajstić information content (AvgIpc) is 1.79. The predicted molar refractivity (Wildman–Crippen MR) is 31.8 cm³/mol. The van der Waals surface area contributed by atoms with Crippen LogP contribution in [0.4, 0.5) is 0 Å². The summed E-state index contributed by atoms with van der Waals surface area (Å²) in [4.78, 5) is 10.6. The molecule has 0 atom stereocenters. The van der Waals surface area contributed by atoms with Crippen molar-refractivity contribution in [1.29, 1.82) is 0 Å². The Morgan fingerprint density at radius 2 is 2.22 bits per heavy atom. The summed E-state index contributed by atoms with van der Waals surface area (Å²) in [7, 11) is 0. The summed E-state index contributed by atoms with van der Waals surface area (Å²) in [5.41, 5.74) is 1.65. The molecule has 0 aromatic rings. The minimum Gasteiger partial charge on any atom is -0.289 e. The standard InChI is InChI=1S/C6H11NO2/c1-4-2-5(3-4)6(8)7-9/h4-5,9H,2-3H2,1H3,(H,7,8). The number of amides is 1. The average molecular weight is 129 g/mol. The van der Waals surface area contributed by atoms with Crippen LogP contribution < -0.4 is 5.48 Å². The van der Waals surface area contributed by atoms with Crippen LogP contribution in [0.2, 0.25) is 0 Å². The van der Waals surface area contributed by atoms with Crippen LogP contribution >= 0.6 is 0 Å². The Morgan fingerprint density at radius 3 is 2.56 bits per heavy atom. The van der Waals surface area contributed by atoms with Gasteiger partial charge in [-0.1, -0.05) is 6.92 Å². The van der Waals surface area contributed by atoms with Gasteiger partial charge in [0.25, 0.3) is 0 Å². The number of hydrogen-bond acceptors (Lipinski definition) is 2. The van der Waals surface area contributed by atoms with Crippen LogP contribution in [-0.4, -0.2) is 11.1 Å². The van der Waals surface area contributed by atoms with Crippen LogP contribution in [-0.2, 0) is 4.79 Å². The van der Waals surface area contributed by atoms with E-state index < -0.39 is 0 Å². The molecule has 1 fully saturated rings. The Kier molecular flexibility index (Phi) is 1.71. The second-order valence-corrected chi connectivity index (χ2v) is 2.75. The quantitative estimate of drug-likeness (QED) is 0.401. The van der Waals surface area contributed by atoms with Crippen molar-refractivity contribution in [3.05, 3.63) is 0 Å². The molecule has 1 rings (SSSR count). The molecule has 0 aromatic heterocycles.